The first-order valence-corrected chi connectivity index (χ1v) is 18.1. The number of aromatic nitrogens is 3. The summed E-state index contributed by atoms with van der Waals surface area (Å²) in [6, 6.07) is 5.88. The summed E-state index contributed by atoms with van der Waals surface area (Å²) in [6.45, 7) is 36.2. The lowest BCUT2D eigenvalue weighted by Gasteiger charge is -2.43. The average Bonchev–Trinajstić information content (AvgIpc) is 3.20. The van der Waals surface area contributed by atoms with Gasteiger partial charge in [0.1, 0.15) is 19.6 Å². The van der Waals surface area contributed by atoms with Gasteiger partial charge in [-0.05, 0) is 88.3 Å². The molecule has 2 aromatic rings. The van der Waals surface area contributed by atoms with Gasteiger partial charge in [-0.15, -0.1) is 9.34 Å². The van der Waals surface area contributed by atoms with Crippen LogP contribution in [0, 0.1) is 0 Å². The number of hydrogen-bond acceptors (Lipinski definition) is 4. The molecular weight excluding hydrogens is 575 g/mol. The number of benzene rings is 1. The summed E-state index contributed by atoms with van der Waals surface area (Å²) in [4.78, 5) is 0. The average molecular weight is 633 g/mol. The second kappa shape index (κ2) is 13.2. The standard InChI is InChI=1S/C31H57ClN5P2.ClH/c1-20(2)35(21(3)4)39(32,36(22(5)6)23(7)8)28-33-34-37(38-28)27-25(30(12,13)14)18-24(29(9,10)11)19-26(27)31(15,16)17;/h18-23H,1-17H3;1H/q+1;/p-1. The Morgan fingerprint density at radius 2 is 1.05 bits per heavy atom. The normalized spacial score (nSPS) is 14.1. The third kappa shape index (κ3) is 7.81. The van der Waals surface area contributed by atoms with Crippen LogP contribution in [0.25, 0.3) is 5.69 Å². The van der Waals surface area contributed by atoms with Crippen LogP contribution in [-0.2, 0) is 16.2 Å². The Bertz CT molecular complexity index is 1050. The molecule has 9 heteroatoms. The molecule has 0 saturated heterocycles. The minimum atomic E-state index is -2.53. The van der Waals surface area contributed by atoms with Crippen molar-refractivity contribution < 1.29 is 12.4 Å². The molecular formula is C31H57Cl2N5P2. The first-order valence-electron chi connectivity index (χ1n) is 14.6. The Morgan fingerprint density at radius 3 is 1.32 bits per heavy atom. The van der Waals surface area contributed by atoms with Gasteiger partial charge in [-0.25, -0.2) is 0 Å². The van der Waals surface area contributed by atoms with Gasteiger partial charge in [0.25, 0.3) is 0 Å². The monoisotopic (exact) mass is 631 g/mol. The van der Waals surface area contributed by atoms with Gasteiger partial charge in [-0.1, -0.05) is 84.8 Å². The molecule has 0 N–H and O–H groups in total. The number of rotatable bonds is 8. The van der Waals surface area contributed by atoms with Crippen molar-refractivity contribution in [2.24, 2.45) is 0 Å². The molecule has 0 atom stereocenters. The van der Waals surface area contributed by atoms with Crippen molar-refractivity contribution in [2.75, 3.05) is 0 Å². The zero-order valence-corrected chi connectivity index (χ0v) is 31.7. The highest BCUT2D eigenvalue weighted by Gasteiger charge is 2.59. The largest absolute Gasteiger partial charge is 1.00 e. The van der Waals surface area contributed by atoms with Gasteiger partial charge in [0.15, 0.2) is 0 Å². The molecule has 1 heterocycles. The Morgan fingerprint density at radius 1 is 0.700 bits per heavy atom. The van der Waals surface area contributed by atoms with Crippen molar-refractivity contribution in [3.8, 4) is 5.69 Å². The summed E-state index contributed by atoms with van der Waals surface area (Å²) >= 11 is 7.99. The second-order valence-corrected chi connectivity index (χ2v) is 20.4. The predicted octanol–water partition coefficient (Wildman–Crippen LogP) is 6.61. The third-order valence-corrected chi connectivity index (χ3v) is 14.6. The van der Waals surface area contributed by atoms with Crippen LogP contribution in [0.3, 0.4) is 0 Å². The van der Waals surface area contributed by atoms with E-state index in [0.29, 0.717) is 0 Å². The molecule has 0 fully saturated rings. The van der Waals surface area contributed by atoms with Crippen LogP contribution in [-0.4, -0.2) is 48.3 Å². The van der Waals surface area contributed by atoms with Gasteiger partial charge in [-0.2, -0.15) is 4.44 Å². The molecule has 0 radical (unpaired) electrons. The second-order valence-electron chi connectivity index (χ2n) is 15.2. The molecule has 0 aliphatic rings. The van der Waals surface area contributed by atoms with Crippen LogP contribution in [0.1, 0.15) is 134 Å². The molecule has 0 unspecified atom stereocenters. The maximum absolute atomic E-state index is 7.99. The highest BCUT2D eigenvalue weighted by Crippen LogP contribution is 2.72. The molecule has 2 rings (SSSR count). The quantitative estimate of drug-likeness (QED) is 0.307. The fourth-order valence-electron chi connectivity index (χ4n) is 5.58. The summed E-state index contributed by atoms with van der Waals surface area (Å²) in [5.41, 5.74) is 5.05. The Hall–Kier alpha value is -0.280. The van der Waals surface area contributed by atoms with E-state index in [0.717, 1.165) is 13.5 Å². The van der Waals surface area contributed by atoms with E-state index in [-0.39, 0.29) is 52.8 Å². The van der Waals surface area contributed by atoms with E-state index < -0.39 is 6.92 Å². The van der Waals surface area contributed by atoms with Crippen LogP contribution in [0.2, 0.25) is 0 Å². The highest BCUT2D eigenvalue weighted by molar-refractivity contribution is 8.04. The zero-order valence-electron chi connectivity index (χ0n) is 28.4. The van der Waals surface area contributed by atoms with Gasteiger partial charge in [0.05, 0.1) is 5.69 Å². The summed E-state index contributed by atoms with van der Waals surface area (Å²) in [6.07, 6.45) is 0. The van der Waals surface area contributed by atoms with Crippen molar-refractivity contribution in [3.63, 3.8) is 0 Å². The minimum absolute atomic E-state index is 0. The molecule has 1 aromatic carbocycles. The molecule has 0 aliphatic heterocycles. The van der Waals surface area contributed by atoms with E-state index in [1.807, 2.05) is 0 Å². The minimum Gasteiger partial charge on any atom is -1.00 e. The number of nitrogens with zero attached hydrogens (tertiary/aromatic N) is 5. The Kier molecular flexibility index (Phi) is 12.4. The van der Waals surface area contributed by atoms with Gasteiger partial charge < -0.3 is 12.4 Å². The molecule has 0 bridgehead atoms. The van der Waals surface area contributed by atoms with Crippen molar-refractivity contribution in [1.29, 1.82) is 0 Å². The van der Waals surface area contributed by atoms with Crippen molar-refractivity contribution in [2.45, 2.75) is 158 Å². The first-order chi connectivity index (χ1) is 17.5. The summed E-state index contributed by atoms with van der Waals surface area (Å²) in [5, 5.41) is 10.8. The fraction of sp³-hybridized carbons (Fsp3) is 0.774. The molecule has 1 aromatic heterocycles. The fourth-order valence-corrected chi connectivity index (χ4v) is 13.3. The van der Waals surface area contributed by atoms with Gasteiger partial charge in [-0.3, -0.25) is 0 Å². The predicted molar refractivity (Wildman–Crippen MR) is 177 cm³/mol. The number of hydrogen-bond donors (Lipinski definition) is 0. The van der Waals surface area contributed by atoms with Crippen molar-refractivity contribution >= 4 is 31.7 Å². The maximum Gasteiger partial charge on any atom is 0.316 e. The molecule has 230 valence electrons. The van der Waals surface area contributed by atoms with Crippen LogP contribution in [0.5, 0.6) is 0 Å². The zero-order chi connectivity index (χ0) is 30.5. The highest BCUT2D eigenvalue weighted by atomic mass is 35.7. The van der Waals surface area contributed by atoms with E-state index in [1.165, 1.54) is 22.4 Å². The smallest absolute Gasteiger partial charge is 0.316 e. The maximum atomic E-state index is 7.99. The van der Waals surface area contributed by atoms with E-state index in [1.54, 1.807) is 0 Å². The van der Waals surface area contributed by atoms with E-state index in [9.17, 15) is 0 Å². The molecule has 0 aliphatic carbocycles. The van der Waals surface area contributed by atoms with E-state index in [2.05, 4.69) is 144 Å². The Labute approximate surface area is 260 Å². The lowest BCUT2D eigenvalue weighted by molar-refractivity contribution is -0.0000116. The van der Waals surface area contributed by atoms with Crippen LogP contribution in [0.15, 0.2) is 12.1 Å². The third-order valence-electron chi connectivity index (χ3n) is 7.18. The van der Waals surface area contributed by atoms with Gasteiger partial charge in [0.2, 0.25) is 0 Å². The van der Waals surface area contributed by atoms with Crippen molar-refractivity contribution in [3.05, 3.63) is 28.8 Å². The SMILES string of the molecule is CC(C)N(C(C)C)[P+](Cl)(c1nnn(-c2c(C(C)(C)C)cc(C(C)(C)C)cc2C(C)(C)C)p1)N(C(C)C)C(C)C.[Cl-]. The number of halogens is 2. The van der Waals surface area contributed by atoms with Gasteiger partial charge in [0, 0.05) is 24.2 Å². The van der Waals surface area contributed by atoms with E-state index in [4.69, 9.17) is 21.6 Å². The Balaban J connectivity index is 0.00000800. The molecule has 0 amide bonds. The molecule has 0 spiro atoms. The van der Waals surface area contributed by atoms with Crippen LogP contribution >= 0.6 is 26.5 Å². The first kappa shape index (κ1) is 37.7. The van der Waals surface area contributed by atoms with E-state index >= 15 is 0 Å². The topological polar surface area (TPSA) is 37.2 Å². The molecule has 0 saturated carbocycles. The summed E-state index contributed by atoms with van der Waals surface area (Å²) in [7, 11) is 0.941. The lowest BCUT2D eigenvalue weighted by atomic mass is 9.74. The summed E-state index contributed by atoms with van der Waals surface area (Å²) < 4.78 is 7.12. The molecule has 40 heavy (non-hydrogen) atoms. The van der Waals surface area contributed by atoms with Gasteiger partial charge >= 0.3 is 12.1 Å². The lowest BCUT2D eigenvalue weighted by Crippen LogP contribution is -3.00. The van der Waals surface area contributed by atoms with Crippen molar-refractivity contribution in [1.82, 2.24) is 24.1 Å². The van der Waals surface area contributed by atoms with Crippen LogP contribution in [0.4, 0.5) is 0 Å². The molecule has 5 nitrogen and oxygen atoms in total. The van der Waals surface area contributed by atoms with Crippen LogP contribution < -0.4 is 17.6 Å². The summed E-state index contributed by atoms with van der Waals surface area (Å²) in [5.74, 6) is 0.